The number of hydrogen-bond donors (Lipinski definition) is 1. The Morgan fingerprint density at radius 2 is 2.00 bits per heavy atom. The van der Waals surface area contributed by atoms with Crippen LogP contribution in [0.15, 0.2) is 24.3 Å². The van der Waals surface area contributed by atoms with Gasteiger partial charge in [-0.15, -0.1) is 0 Å². The van der Waals surface area contributed by atoms with Crippen molar-refractivity contribution in [1.29, 1.82) is 0 Å². The van der Waals surface area contributed by atoms with Crippen LogP contribution < -0.4 is 5.73 Å². The molecule has 1 saturated carbocycles. The fourth-order valence-electron chi connectivity index (χ4n) is 2.87. The highest BCUT2D eigenvalue weighted by atomic mass is 15.1. The summed E-state index contributed by atoms with van der Waals surface area (Å²) in [7, 11) is 0. The van der Waals surface area contributed by atoms with Crippen LogP contribution in [-0.2, 0) is 6.54 Å². The maximum absolute atomic E-state index is 5.84. The number of benzene rings is 1. The minimum Gasteiger partial charge on any atom is -0.399 e. The summed E-state index contributed by atoms with van der Waals surface area (Å²) in [6.07, 6.45) is 6.97. The van der Waals surface area contributed by atoms with E-state index in [0.717, 1.165) is 24.8 Å². The Morgan fingerprint density at radius 3 is 2.65 bits per heavy atom. The number of rotatable bonds is 4. The quantitative estimate of drug-likeness (QED) is 0.806. The number of nitrogens with two attached hydrogens (primary N) is 1. The van der Waals surface area contributed by atoms with Gasteiger partial charge in [-0.3, -0.25) is 4.90 Å². The van der Waals surface area contributed by atoms with Gasteiger partial charge in [0.15, 0.2) is 0 Å². The van der Waals surface area contributed by atoms with Gasteiger partial charge < -0.3 is 5.73 Å². The predicted molar refractivity (Wildman–Crippen MR) is 73.8 cm³/mol. The Bertz CT molecular complexity index is 343. The zero-order valence-corrected chi connectivity index (χ0v) is 10.9. The van der Waals surface area contributed by atoms with Gasteiger partial charge in [0.25, 0.3) is 0 Å². The molecule has 2 heteroatoms. The van der Waals surface area contributed by atoms with Gasteiger partial charge in [-0.25, -0.2) is 0 Å². The molecule has 1 aromatic carbocycles. The average Bonchev–Trinajstić information content (AvgIpc) is 2.37. The first-order chi connectivity index (χ1) is 8.29. The Morgan fingerprint density at radius 1 is 1.24 bits per heavy atom. The van der Waals surface area contributed by atoms with Crippen molar-refractivity contribution in [2.45, 2.75) is 51.6 Å². The molecule has 0 amide bonds. The lowest BCUT2D eigenvalue weighted by atomic mass is 9.94. The monoisotopic (exact) mass is 232 g/mol. The minimum atomic E-state index is 0.787. The molecule has 0 atom stereocenters. The van der Waals surface area contributed by atoms with Crippen molar-refractivity contribution in [2.24, 2.45) is 0 Å². The van der Waals surface area contributed by atoms with Crippen molar-refractivity contribution >= 4 is 5.69 Å². The van der Waals surface area contributed by atoms with Gasteiger partial charge in [-0.05, 0) is 37.1 Å². The summed E-state index contributed by atoms with van der Waals surface area (Å²) in [4.78, 5) is 2.61. The molecule has 1 fully saturated rings. The molecule has 0 bridgehead atoms. The van der Waals surface area contributed by atoms with Gasteiger partial charge in [0.2, 0.25) is 0 Å². The van der Waals surface area contributed by atoms with Crippen molar-refractivity contribution in [3.8, 4) is 0 Å². The molecule has 0 aliphatic heterocycles. The second kappa shape index (κ2) is 6.06. The highest BCUT2D eigenvalue weighted by molar-refractivity contribution is 5.40. The predicted octanol–water partition coefficient (Wildman–Crippen LogP) is 3.42. The van der Waals surface area contributed by atoms with Crippen LogP contribution in [0.1, 0.15) is 44.6 Å². The van der Waals surface area contributed by atoms with Gasteiger partial charge in [0.05, 0.1) is 0 Å². The summed E-state index contributed by atoms with van der Waals surface area (Å²) in [5, 5.41) is 0. The second-order valence-electron chi connectivity index (χ2n) is 5.10. The lowest BCUT2D eigenvalue weighted by molar-refractivity contribution is 0.156. The molecule has 17 heavy (non-hydrogen) atoms. The molecule has 2 N–H and O–H groups in total. The van der Waals surface area contributed by atoms with Crippen molar-refractivity contribution < 1.29 is 0 Å². The molecule has 0 saturated heterocycles. The third-order valence-corrected chi connectivity index (χ3v) is 3.83. The fourth-order valence-corrected chi connectivity index (χ4v) is 2.87. The lowest BCUT2D eigenvalue weighted by Gasteiger charge is -2.33. The van der Waals surface area contributed by atoms with Crippen LogP contribution >= 0.6 is 0 Å². The minimum absolute atomic E-state index is 0.787. The molecule has 0 unspecified atom stereocenters. The molecule has 2 rings (SSSR count). The summed E-state index contributed by atoms with van der Waals surface area (Å²) < 4.78 is 0. The zero-order chi connectivity index (χ0) is 12.1. The standard InChI is InChI=1S/C15H24N2/c1-2-17(15-9-4-3-5-10-15)12-13-7-6-8-14(16)11-13/h6-8,11,15H,2-5,9-10,12,16H2,1H3. The largest absolute Gasteiger partial charge is 0.399 e. The molecule has 0 heterocycles. The topological polar surface area (TPSA) is 29.3 Å². The van der Waals surface area contributed by atoms with Gasteiger partial charge >= 0.3 is 0 Å². The molecule has 0 radical (unpaired) electrons. The van der Waals surface area contributed by atoms with Crippen LogP contribution in [0.25, 0.3) is 0 Å². The van der Waals surface area contributed by atoms with Crippen LogP contribution in [0.3, 0.4) is 0 Å². The lowest BCUT2D eigenvalue weighted by Crippen LogP contribution is -2.36. The van der Waals surface area contributed by atoms with Gasteiger partial charge in [0, 0.05) is 18.3 Å². The molecule has 0 spiro atoms. The van der Waals surface area contributed by atoms with E-state index in [0.29, 0.717) is 0 Å². The maximum atomic E-state index is 5.84. The zero-order valence-electron chi connectivity index (χ0n) is 10.9. The first-order valence-electron chi connectivity index (χ1n) is 6.88. The van der Waals surface area contributed by atoms with Crippen molar-refractivity contribution in [1.82, 2.24) is 4.90 Å². The van der Waals surface area contributed by atoms with Crippen LogP contribution in [0.4, 0.5) is 5.69 Å². The Hall–Kier alpha value is -1.02. The summed E-state index contributed by atoms with van der Waals surface area (Å²) in [6.45, 7) is 4.45. The highest BCUT2D eigenvalue weighted by Gasteiger charge is 2.19. The van der Waals surface area contributed by atoms with Crippen LogP contribution in [0.5, 0.6) is 0 Å². The van der Waals surface area contributed by atoms with Gasteiger partial charge in [-0.1, -0.05) is 38.3 Å². The molecular weight excluding hydrogens is 208 g/mol. The van der Waals surface area contributed by atoms with Crippen LogP contribution in [0.2, 0.25) is 0 Å². The fraction of sp³-hybridized carbons (Fsp3) is 0.600. The molecule has 0 aromatic heterocycles. The van der Waals surface area contributed by atoms with E-state index >= 15 is 0 Å². The van der Waals surface area contributed by atoms with E-state index in [1.165, 1.54) is 37.7 Å². The summed E-state index contributed by atoms with van der Waals surface area (Å²) in [6, 6.07) is 9.09. The Balaban J connectivity index is 1.98. The molecule has 94 valence electrons. The van der Waals surface area contributed by atoms with E-state index < -0.39 is 0 Å². The molecule has 1 aromatic rings. The van der Waals surface area contributed by atoms with E-state index in [-0.39, 0.29) is 0 Å². The van der Waals surface area contributed by atoms with Crippen molar-refractivity contribution in [3.05, 3.63) is 29.8 Å². The average molecular weight is 232 g/mol. The van der Waals surface area contributed by atoms with E-state index in [2.05, 4.69) is 30.0 Å². The third kappa shape index (κ3) is 3.47. The maximum Gasteiger partial charge on any atom is 0.0317 e. The number of anilines is 1. The molecular formula is C15H24N2. The second-order valence-corrected chi connectivity index (χ2v) is 5.10. The SMILES string of the molecule is CCN(Cc1cccc(N)c1)C1CCCCC1. The van der Waals surface area contributed by atoms with Crippen LogP contribution in [-0.4, -0.2) is 17.5 Å². The van der Waals surface area contributed by atoms with E-state index in [1.807, 2.05) is 6.07 Å². The smallest absolute Gasteiger partial charge is 0.0317 e. The highest BCUT2D eigenvalue weighted by Crippen LogP contribution is 2.24. The molecule has 2 nitrogen and oxygen atoms in total. The third-order valence-electron chi connectivity index (χ3n) is 3.83. The van der Waals surface area contributed by atoms with Crippen molar-refractivity contribution in [3.63, 3.8) is 0 Å². The van der Waals surface area contributed by atoms with Gasteiger partial charge in [0.1, 0.15) is 0 Å². The first-order valence-corrected chi connectivity index (χ1v) is 6.88. The van der Waals surface area contributed by atoms with Crippen molar-refractivity contribution in [2.75, 3.05) is 12.3 Å². The normalized spacial score (nSPS) is 17.5. The van der Waals surface area contributed by atoms with E-state index in [9.17, 15) is 0 Å². The van der Waals surface area contributed by atoms with Crippen LogP contribution in [0, 0.1) is 0 Å². The summed E-state index contributed by atoms with van der Waals surface area (Å²) in [5.74, 6) is 0. The Kier molecular flexibility index (Phi) is 4.43. The summed E-state index contributed by atoms with van der Waals surface area (Å²) >= 11 is 0. The summed E-state index contributed by atoms with van der Waals surface area (Å²) in [5.41, 5.74) is 8.06. The number of nitrogens with zero attached hydrogens (tertiary/aromatic N) is 1. The molecule has 1 aliphatic rings. The Labute approximate surface area is 105 Å². The number of nitrogen functional groups attached to an aromatic ring is 1. The van der Waals surface area contributed by atoms with E-state index in [4.69, 9.17) is 5.73 Å². The van der Waals surface area contributed by atoms with E-state index in [1.54, 1.807) is 0 Å². The molecule has 1 aliphatic carbocycles. The van der Waals surface area contributed by atoms with Gasteiger partial charge in [-0.2, -0.15) is 0 Å². The number of hydrogen-bond acceptors (Lipinski definition) is 2. The first kappa shape index (κ1) is 12.4.